The number of carbonyl (C=O) groups is 4. The van der Waals surface area contributed by atoms with Gasteiger partial charge < -0.3 is 14.4 Å². The molecule has 0 aliphatic carbocycles. The van der Waals surface area contributed by atoms with Crippen LogP contribution in [0.2, 0.25) is 0 Å². The summed E-state index contributed by atoms with van der Waals surface area (Å²) in [6.45, 7) is 4.51. The molecule has 0 N–H and O–H groups in total. The van der Waals surface area contributed by atoms with Crippen molar-refractivity contribution in [1.29, 1.82) is 0 Å². The summed E-state index contributed by atoms with van der Waals surface area (Å²) in [4.78, 5) is 52.7. The lowest BCUT2D eigenvalue weighted by Gasteiger charge is -2.46. The van der Waals surface area contributed by atoms with E-state index in [9.17, 15) is 19.2 Å². The van der Waals surface area contributed by atoms with Crippen LogP contribution in [0.15, 0.2) is 24.3 Å². The summed E-state index contributed by atoms with van der Waals surface area (Å²) >= 11 is 0. The van der Waals surface area contributed by atoms with E-state index in [4.69, 9.17) is 9.47 Å². The number of ether oxygens (including phenoxy) is 2. The van der Waals surface area contributed by atoms with Crippen LogP contribution >= 0.6 is 0 Å². The molecule has 27 heavy (non-hydrogen) atoms. The smallest absolute Gasteiger partial charge is 0.354 e. The van der Waals surface area contributed by atoms with E-state index in [2.05, 4.69) is 0 Å². The number of hydrogen-bond donors (Lipinski definition) is 0. The lowest BCUT2D eigenvalue weighted by Crippen LogP contribution is -2.67. The summed E-state index contributed by atoms with van der Waals surface area (Å²) in [6.07, 6.45) is 0.184. The highest BCUT2D eigenvalue weighted by molar-refractivity contribution is 6.15. The van der Waals surface area contributed by atoms with Gasteiger partial charge in [0.2, 0.25) is 11.6 Å². The van der Waals surface area contributed by atoms with Crippen LogP contribution in [-0.2, 0) is 23.9 Å². The Morgan fingerprint density at radius 1 is 1.19 bits per heavy atom. The molecule has 8 nitrogen and oxygen atoms in total. The minimum absolute atomic E-state index is 0.0908. The zero-order chi connectivity index (χ0) is 20.0. The standard InChI is InChI=1S/C19H22N2O6/c1-18(2,3)27-15(23)11-26-17(25)19-10-9-14(22)21(19)13-8-6-5-7-12(13)16(24)20(19)4/h5-8H,9-11H2,1-4H3/t19-/m0/s1. The minimum atomic E-state index is -1.59. The lowest BCUT2D eigenvalue weighted by molar-refractivity contribution is -0.171. The van der Waals surface area contributed by atoms with E-state index in [0.29, 0.717) is 11.3 Å². The van der Waals surface area contributed by atoms with Crippen molar-refractivity contribution in [2.75, 3.05) is 18.6 Å². The Kier molecular flexibility index (Phi) is 4.45. The van der Waals surface area contributed by atoms with Crippen molar-refractivity contribution in [1.82, 2.24) is 4.90 Å². The number of esters is 2. The number of rotatable bonds is 3. The zero-order valence-corrected chi connectivity index (χ0v) is 15.8. The number of hydrogen-bond acceptors (Lipinski definition) is 6. The van der Waals surface area contributed by atoms with Gasteiger partial charge in [0, 0.05) is 19.9 Å². The predicted octanol–water partition coefficient (Wildman–Crippen LogP) is 1.48. The number of fused-ring (bicyclic) bond motifs is 3. The van der Waals surface area contributed by atoms with Gasteiger partial charge in [0.05, 0.1) is 11.3 Å². The van der Waals surface area contributed by atoms with Gasteiger partial charge in [0.25, 0.3) is 5.91 Å². The number of likely N-dealkylation sites (N-methyl/N-ethyl adjacent to an activating group) is 1. The molecule has 144 valence electrons. The summed E-state index contributed by atoms with van der Waals surface area (Å²) in [6, 6.07) is 6.62. The lowest BCUT2D eigenvalue weighted by atomic mass is 9.97. The van der Waals surface area contributed by atoms with Gasteiger partial charge in [0.15, 0.2) is 6.61 Å². The number of anilines is 1. The molecule has 2 aliphatic heterocycles. The maximum atomic E-state index is 13.0. The van der Waals surface area contributed by atoms with Crippen molar-refractivity contribution < 1.29 is 28.7 Å². The highest BCUT2D eigenvalue weighted by Crippen LogP contribution is 2.44. The van der Waals surface area contributed by atoms with Gasteiger partial charge in [-0.2, -0.15) is 0 Å². The molecule has 2 amide bonds. The first kappa shape index (κ1) is 18.9. The van der Waals surface area contributed by atoms with Crippen LogP contribution < -0.4 is 4.90 Å². The fourth-order valence-corrected chi connectivity index (χ4v) is 3.50. The number of nitrogens with zero attached hydrogens (tertiary/aromatic N) is 2. The van der Waals surface area contributed by atoms with Crippen LogP contribution in [0.4, 0.5) is 5.69 Å². The van der Waals surface area contributed by atoms with E-state index < -0.39 is 29.8 Å². The van der Waals surface area contributed by atoms with Crippen molar-refractivity contribution in [3.63, 3.8) is 0 Å². The maximum Gasteiger partial charge on any atom is 0.354 e. The fraction of sp³-hybridized carbons (Fsp3) is 0.474. The molecule has 1 saturated heterocycles. The van der Waals surface area contributed by atoms with Crippen LogP contribution in [0.3, 0.4) is 0 Å². The van der Waals surface area contributed by atoms with Crippen molar-refractivity contribution in [2.24, 2.45) is 0 Å². The molecule has 0 radical (unpaired) electrons. The summed E-state index contributed by atoms with van der Waals surface area (Å²) < 4.78 is 10.3. The number of carbonyl (C=O) groups excluding carboxylic acids is 4. The first-order valence-corrected chi connectivity index (χ1v) is 8.67. The average Bonchev–Trinajstić information content (AvgIpc) is 2.95. The molecule has 2 aliphatic rings. The van der Waals surface area contributed by atoms with E-state index in [0.717, 1.165) is 0 Å². The normalized spacial score (nSPS) is 21.6. The molecular formula is C19H22N2O6. The molecule has 1 aromatic carbocycles. The third-order valence-corrected chi connectivity index (χ3v) is 4.61. The Labute approximate surface area is 157 Å². The van der Waals surface area contributed by atoms with Gasteiger partial charge in [-0.05, 0) is 32.9 Å². The Morgan fingerprint density at radius 3 is 2.52 bits per heavy atom. The minimum Gasteiger partial charge on any atom is -0.457 e. The quantitative estimate of drug-likeness (QED) is 0.744. The van der Waals surface area contributed by atoms with Crippen molar-refractivity contribution >= 4 is 29.4 Å². The Morgan fingerprint density at radius 2 is 1.85 bits per heavy atom. The van der Waals surface area contributed by atoms with E-state index >= 15 is 0 Å². The van der Waals surface area contributed by atoms with Crippen molar-refractivity contribution in [3.05, 3.63) is 29.8 Å². The van der Waals surface area contributed by atoms with Gasteiger partial charge in [0.1, 0.15) is 5.60 Å². The molecule has 8 heteroatoms. The molecule has 1 aromatic rings. The summed E-state index contributed by atoms with van der Waals surface area (Å²) in [5.74, 6) is -2.19. The molecule has 1 fully saturated rings. The second-order valence-corrected chi connectivity index (χ2v) is 7.59. The molecule has 0 aromatic heterocycles. The largest absolute Gasteiger partial charge is 0.457 e. The van der Waals surface area contributed by atoms with Crippen LogP contribution in [0.1, 0.15) is 44.0 Å². The van der Waals surface area contributed by atoms with E-state index in [1.807, 2.05) is 0 Å². The summed E-state index contributed by atoms with van der Waals surface area (Å²) in [7, 11) is 1.46. The van der Waals surface area contributed by atoms with Gasteiger partial charge in [-0.1, -0.05) is 12.1 Å². The Hall–Kier alpha value is -2.90. The van der Waals surface area contributed by atoms with Crippen LogP contribution in [0.25, 0.3) is 0 Å². The van der Waals surface area contributed by atoms with Crippen LogP contribution in [0.5, 0.6) is 0 Å². The van der Waals surface area contributed by atoms with E-state index in [-0.39, 0.29) is 24.7 Å². The predicted molar refractivity (Wildman–Crippen MR) is 94.8 cm³/mol. The molecular weight excluding hydrogens is 352 g/mol. The Bertz CT molecular complexity index is 828. The van der Waals surface area contributed by atoms with Crippen molar-refractivity contribution in [2.45, 2.75) is 44.9 Å². The first-order chi connectivity index (χ1) is 12.6. The molecule has 3 rings (SSSR count). The highest BCUT2D eigenvalue weighted by atomic mass is 16.6. The number of benzene rings is 1. The number of para-hydroxylation sites is 1. The first-order valence-electron chi connectivity index (χ1n) is 8.67. The van der Waals surface area contributed by atoms with Crippen LogP contribution in [-0.4, -0.2) is 53.6 Å². The highest BCUT2D eigenvalue weighted by Gasteiger charge is 2.60. The second-order valence-electron chi connectivity index (χ2n) is 7.59. The third kappa shape index (κ3) is 3.05. The fourth-order valence-electron chi connectivity index (χ4n) is 3.50. The zero-order valence-electron chi connectivity index (χ0n) is 15.8. The van der Waals surface area contributed by atoms with Gasteiger partial charge in [-0.3, -0.25) is 14.5 Å². The second kappa shape index (κ2) is 6.37. The SMILES string of the molecule is CN1C(=O)c2ccccc2N2C(=O)CC[C@]12C(=O)OCC(=O)OC(C)(C)C. The molecule has 0 saturated carbocycles. The summed E-state index contributed by atoms with van der Waals surface area (Å²) in [5.41, 5.74) is -1.60. The number of amides is 2. The topological polar surface area (TPSA) is 93.2 Å². The van der Waals surface area contributed by atoms with E-state index in [1.54, 1.807) is 45.0 Å². The monoisotopic (exact) mass is 374 g/mol. The third-order valence-electron chi connectivity index (χ3n) is 4.61. The van der Waals surface area contributed by atoms with Gasteiger partial charge in [-0.15, -0.1) is 0 Å². The van der Waals surface area contributed by atoms with Gasteiger partial charge >= 0.3 is 11.9 Å². The molecule has 0 unspecified atom stereocenters. The molecule has 1 atom stereocenters. The van der Waals surface area contributed by atoms with E-state index in [1.165, 1.54) is 16.8 Å². The average molecular weight is 374 g/mol. The van der Waals surface area contributed by atoms with Crippen LogP contribution in [0, 0.1) is 0 Å². The molecule has 2 heterocycles. The Balaban J connectivity index is 1.91. The summed E-state index contributed by atoms with van der Waals surface area (Å²) in [5, 5.41) is 0. The molecule has 0 bridgehead atoms. The molecule has 0 spiro atoms. The van der Waals surface area contributed by atoms with Crippen molar-refractivity contribution in [3.8, 4) is 0 Å². The van der Waals surface area contributed by atoms with Gasteiger partial charge in [-0.25, -0.2) is 9.59 Å². The maximum absolute atomic E-state index is 13.0.